The fraction of sp³-hybridized carbons (Fsp3) is 0.700. The molecular formula is C10H16N2S. The summed E-state index contributed by atoms with van der Waals surface area (Å²) in [7, 11) is 0. The number of aromatic nitrogens is 1. The molecule has 1 heterocycles. The molecule has 0 aromatic carbocycles. The van der Waals surface area contributed by atoms with Gasteiger partial charge in [-0.2, -0.15) is 4.37 Å². The smallest absolute Gasteiger partial charge is 0.0574 e. The SMILES string of the molecule is Cc1snc(CCC2(N)CC2)c1C. The molecule has 0 aliphatic heterocycles. The van der Waals surface area contributed by atoms with E-state index < -0.39 is 0 Å². The minimum absolute atomic E-state index is 0.171. The summed E-state index contributed by atoms with van der Waals surface area (Å²) in [5, 5.41) is 0. The van der Waals surface area contributed by atoms with Crippen LogP contribution in [0.25, 0.3) is 0 Å². The zero-order valence-corrected chi connectivity index (χ0v) is 9.08. The Hall–Kier alpha value is -0.410. The minimum atomic E-state index is 0.171. The second-order valence-electron chi connectivity index (χ2n) is 4.17. The van der Waals surface area contributed by atoms with E-state index in [1.165, 1.54) is 29.0 Å². The van der Waals surface area contributed by atoms with E-state index in [0.29, 0.717) is 0 Å². The molecule has 1 aliphatic rings. The van der Waals surface area contributed by atoms with E-state index in [2.05, 4.69) is 18.2 Å². The summed E-state index contributed by atoms with van der Waals surface area (Å²) in [6.45, 7) is 4.29. The van der Waals surface area contributed by atoms with E-state index in [4.69, 9.17) is 5.73 Å². The van der Waals surface area contributed by atoms with E-state index >= 15 is 0 Å². The van der Waals surface area contributed by atoms with Crippen LogP contribution in [0.3, 0.4) is 0 Å². The summed E-state index contributed by atoms with van der Waals surface area (Å²) in [5.41, 5.74) is 8.83. The molecule has 0 unspecified atom stereocenters. The molecule has 2 N–H and O–H groups in total. The lowest BCUT2D eigenvalue weighted by molar-refractivity contribution is 0.604. The molecule has 3 heteroatoms. The summed E-state index contributed by atoms with van der Waals surface area (Å²) >= 11 is 1.61. The Bertz CT molecular complexity index is 313. The summed E-state index contributed by atoms with van der Waals surface area (Å²) in [4.78, 5) is 1.34. The molecule has 1 saturated carbocycles. The fourth-order valence-corrected chi connectivity index (χ4v) is 2.20. The molecule has 0 spiro atoms. The normalized spacial score (nSPS) is 19.0. The number of nitrogens with zero attached hydrogens (tertiary/aromatic N) is 1. The van der Waals surface area contributed by atoms with Gasteiger partial charge in [0.2, 0.25) is 0 Å². The molecule has 1 aromatic heterocycles. The third-order valence-electron chi connectivity index (χ3n) is 3.01. The molecule has 2 nitrogen and oxygen atoms in total. The van der Waals surface area contributed by atoms with Gasteiger partial charge in [-0.1, -0.05) is 0 Å². The van der Waals surface area contributed by atoms with Crippen molar-refractivity contribution in [2.45, 2.75) is 45.1 Å². The van der Waals surface area contributed by atoms with E-state index in [9.17, 15) is 0 Å². The van der Waals surface area contributed by atoms with Crippen LogP contribution in [0.2, 0.25) is 0 Å². The Labute approximate surface area is 83.3 Å². The van der Waals surface area contributed by atoms with E-state index in [0.717, 1.165) is 12.8 Å². The minimum Gasteiger partial charge on any atom is -0.325 e. The Morgan fingerprint density at radius 1 is 1.46 bits per heavy atom. The maximum Gasteiger partial charge on any atom is 0.0574 e. The molecule has 72 valence electrons. The van der Waals surface area contributed by atoms with Gasteiger partial charge in [0.05, 0.1) is 5.69 Å². The van der Waals surface area contributed by atoms with Gasteiger partial charge in [0.25, 0.3) is 0 Å². The monoisotopic (exact) mass is 196 g/mol. The zero-order valence-electron chi connectivity index (χ0n) is 8.26. The number of rotatable bonds is 3. The van der Waals surface area contributed by atoms with Crippen LogP contribution >= 0.6 is 11.5 Å². The number of hydrogen-bond donors (Lipinski definition) is 1. The van der Waals surface area contributed by atoms with Gasteiger partial charge in [0.1, 0.15) is 0 Å². The van der Waals surface area contributed by atoms with Crippen molar-refractivity contribution in [3.8, 4) is 0 Å². The molecule has 1 aliphatic carbocycles. The van der Waals surface area contributed by atoms with Gasteiger partial charge in [-0.15, -0.1) is 0 Å². The average molecular weight is 196 g/mol. The van der Waals surface area contributed by atoms with Crippen molar-refractivity contribution in [2.24, 2.45) is 5.73 Å². The molecular weight excluding hydrogens is 180 g/mol. The summed E-state index contributed by atoms with van der Waals surface area (Å²) < 4.78 is 4.43. The van der Waals surface area contributed by atoms with Crippen LogP contribution in [0.1, 0.15) is 35.4 Å². The fourth-order valence-electron chi connectivity index (χ4n) is 1.47. The highest BCUT2D eigenvalue weighted by atomic mass is 32.1. The van der Waals surface area contributed by atoms with Gasteiger partial charge in [0.15, 0.2) is 0 Å². The zero-order chi connectivity index (χ0) is 9.47. The van der Waals surface area contributed by atoms with Gasteiger partial charge in [-0.05, 0) is 56.6 Å². The van der Waals surface area contributed by atoms with E-state index in [1.807, 2.05) is 0 Å². The number of nitrogens with two attached hydrogens (primary N) is 1. The van der Waals surface area contributed by atoms with Crippen molar-refractivity contribution in [3.63, 3.8) is 0 Å². The highest BCUT2D eigenvalue weighted by molar-refractivity contribution is 7.05. The van der Waals surface area contributed by atoms with Crippen LogP contribution < -0.4 is 5.73 Å². The maximum atomic E-state index is 6.03. The molecule has 1 fully saturated rings. The third-order valence-corrected chi connectivity index (χ3v) is 3.90. The largest absolute Gasteiger partial charge is 0.325 e. The van der Waals surface area contributed by atoms with Crippen LogP contribution in [-0.4, -0.2) is 9.91 Å². The Kier molecular flexibility index (Phi) is 2.16. The van der Waals surface area contributed by atoms with Crippen molar-refractivity contribution in [1.29, 1.82) is 0 Å². The lowest BCUT2D eigenvalue weighted by atomic mass is 10.1. The number of aryl methyl sites for hydroxylation is 2. The lowest BCUT2D eigenvalue weighted by Gasteiger charge is -2.06. The quantitative estimate of drug-likeness (QED) is 0.804. The first kappa shape index (κ1) is 9.16. The van der Waals surface area contributed by atoms with Gasteiger partial charge in [-0.3, -0.25) is 0 Å². The average Bonchev–Trinajstić information content (AvgIpc) is 2.75. The predicted octanol–water partition coefficient (Wildman–Crippen LogP) is 2.18. The van der Waals surface area contributed by atoms with Gasteiger partial charge < -0.3 is 5.73 Å². The van der Waals surface area contributed by atoms with Crippen molar-refractivity contribution in [3.05, 3.63) is 16.1 Å². The van der Waals surface area contributed by atoms with Crippen molar-refractivity contribution < 1.29 is 0 Å². The molecule has 0 bridgehead atoms. The Balaban J connectivity index is 1.97. The maximum absolute atomic E-state index is 6.03. The van der Waals surface area contributed by atoms with Crippen molar-refractivity contribution in [2.75, 3.05) is 0 Å². The van der Waals surface area contributed by atoms with Crippen LogP contribution in [0, 0.1) is 13.8 Å². The van der Waals surface area contributed by atoms with Gasteiger partial charge in [-0.25, -0.2) is 0 Å². The lowest BCUT2D eigenvalue weighted by Crippen LogP contribution is -2.22. The summed E-state index contributed by atoms with van der Waals surface area (Å²) in [5.74, 6) is 0. The van der Waals surface area contributed by atoms with Crippen LogP contribution in [0.15, 0.2) is 0 Å². The van der Waals surface area contributed by atoms with Crippen molar-refractivity contribution >= 4 is 11.5 Å². The molecule has 2 rings (SSSR count). The molecule has 0 atom stereocenters. The molecule has 0 radical (unpaired) electrons. The van der Waals surface area contributed by atoms with E-state index in [1.54, 1.807) is 11.5 Å². The second kappa shape index (κ2) is 3.07. The first-order chi connectivity index (χ1) is 6.11. The highest BCUT2D eigenvalue weighted by Crippen LogP contribution is 2.36. The van der Waals surface area contributed by atoms with Gasteiger partial charge in [0, 0.05) is 10.4 Å². The Morgan fingerprint density at radius 2 is 2.15 bits per heavy atom. The third kappa shape index (κ3) is 1.92. The second-order valence-corrected chi connectivity index (χ2v) is 5.15. The first-order valence-corrected chi connectivity index (χ1v) is 5.59. The Morgan fingerprint density at radius 3 is 2.62 bits per heavy atom. The predicted molar refractivity (Wildman–Crippen MR) is 56.1 cm³/mol. The first-order valence-electron chi connectivity index (χ1n) is 4.81. The topological polar surface area (TPSA) is 38.9 Å². The van der Waals surface area contributed by atoms with Crippen LogP contribution in [0.4, 0.5) is 0 Å². The summed E-state index contributed by atoms with van der Waals surface area (Å²) in [6, 6.07) is 0. The molecule has 1 aromatic rings. The molecule has 0 saturated heterocycles. The van der Waals surface area contributed by atoms with Crippen LogP contribution in [0.5, 0.6) is 0 Å². The molecule has 13 heavy (non-hydrogen) atoms. The van der Waals surface area contributed by atoms with Crippen LogP contribution in [-0.2, 0) is 6.42 Å². The van der Waals surface area contributed by atoms with Crippen molar-refractivity contribution in [1.82, 2.24) is 4.37 Å². The standard InChI is InChI=1S/C10H16N2S/c1-7-8(2)13-12-9(7)3-4-10(11)5-6-10/h3-6,11H2,1-2H3. The molecule has 0 amide bonds. The van der Waals surface area contributed by atoms with E-state index in [-0.39, 0.29) is 5.54 Å². The van der Waals surface area contributed by atoms with Gasteiger partial charge >= 0.3 is 0 Å². The summed E-state index contributed by atoms with van der Waals surface area (Å²) in [6.07, 6.45) is 4.58. The number of hydrogen-bond acceptors (Lipinski definition) is 3. The highest BCUT2D eigenvalue weighted by Gasteiger charge is 2.37.